The zero-order valence-corrected chi connectivity index (χ0v) is 16.0. The SMILES string of the molecule is Cn1cnc2c(Br)c(Cl)c(F)c(C(=O)N3CCN(C(=O)O)C[C@@H]3CO)c21. The molecule has 1 fully saturated rings. The summed E-state index contributed by atoms with van der Waals surface area (Å²) in [7, 11) is 1.62. The number of halogens is 3. The maximum absolute atomic E-state index is 14.9. The minimum absolute atomic E-state index is 0.0306. The Morgan fingerprint density at radius 3 is 2.77 bits per heavy atom. The molecule has 1 aliphatic heterocycles. The van der Waals surface area contributed by atoms with Crippen LogP contribution in [0.3, 0.4) is 0 Å². The highest BCUT2D eigenvalue weighted by atomic mass is 79.9. The number of piperazine rings is 1. The number of rotatable bonds is 2. The topological polar surface area (TPSA) is 98.9 Å². The Labute approximate surface area is 160 Å². The van der Waals surface area contributed by atoms with Crippen LogP contribution in [0.2, 0.25) is 5.02 Å². The highest BCUT2D eigenvalue weighted by Gasteiger charge is 2.36. The van der Waals surface area contributed by atoms with E-state index in [-0.39, 0.29) is 40.2 Å². The highest BCUT2D eigenvalue weighted by molar-refractivity contribution is 9.10. The molecule has 3 rings (SSSR count). The van der Waals surface area contributed by atoms with E-state index in [1.165, 1.54) is 15.8 Å². The average Bonchev–Trinajstić information content (AvgIpc) is 3.00. The minimum atomic E-state index is -1.14. The van der Waals surface area contributed by atoms with Crippen molar-refractivity contribution in [3.8, 4) is 0 Å². The lowest BCUT2D eigenvalue weighted by Crippen LogP contribution is -2.57. The number of aryl methyl sites for hydroxylation is 1. The van der Waals surface area contributed by atoms with E-state index in [1.54, 1.807) is 7.05 Å². The van der Waals surface area contributed by atoms with Gasteiger partial charge in [0.2, 0.25) is 0 Å². The number of aromatic nitrogens is 2. The maximum atomic E-state index is 14.9. The van der Waals surface area contributed by atoms with Gasteiger partial charge in [-0.15, -0.1) is 0 Å². The molecule has 1 saturated heterocycles. The molecule has 26 heavy (non-hydrogen) atoms. The second kappa shape index (κ2) is 7.01. The van der Waals surface area contributed by atoms with E-state index in [1.807, 2.05) is 0 Å². The van der Waals surface area contributed by atoms with Gasteiger partial charge in [-0.05, 0) is 15.9 Å². The number of hydrogen-bond acceptors (Lipinski definition) is 4. The normalized spacial score (nSPS) is 17.8. The Bertz CT molecular complexity index is 906. The third-order valence-electron chi connectivity index (χ3n) is 4.43. The van der Waals surface area contributed by atoms with E-state index in [0.29, 0.717) is 5.52 Å². The molecule has 0 aliphatic carbocycles. The summed E-state index contributed by atoms with van der Waals surface area (Å²) in [6.45, 7) is -0.408. The van der Waals surface area contributed by atoms with Gasteiger partial charge in [0.1, 0.15) is 11.1 Å². The highest BCUT2D eigenvalue weighted by Crippen LogP contribution is 2.36. The van der Waals surface area contributed by atoms with E-state index < -0.39 is 30.5 Å². The van der Waals surface area contributed by atoms with Gasteiger partial charge < -0.3 is 24.6 Å². The molecule has 0 saturated carbocycles. The number of imidazole rings is 1. The largest absolute Gasteiger partial charge is 0.465 e. The first-order valence-electron chi connectivity index (χ1n) is 7.65. The summed E-state index contributed by atoms with van der Waals surface area (Å²) in [5, 5.41) is 18.4. The fraction of sp³-hybridized carbons (Fsp3) is 0.400. The molecule has 1 aromatic carbocycles. The Morgan fingerprint density at radius 2 is 2.15 bits per heavy atom. The van der Waals surface area contributed by atoms with Gasteiger partial charge >= 0.3 is 6.09 Å². The van der Waals surface area contributed by atoms with Gasteiger partial charge in [0, 0.05) is 26.7 Å². The zero-order valence-electron chi connectivity index (χ0n) is 13.6. The molecule has 2 amide bonds. The molecule has 0 radical (unpaired) electrons. The second-order valence-corrected chi connectivity index (χ2v) is 7.10. The van der Waals surface area contributed by atoms with Crippen LogP contribution < -0.4 is 0 Å². The van der Waals surface area contributed by atoms with Crippen molar-refractivity contribution >= 4 is 50.6 Å². The third-order valence-corrected chi connectivity index (χ3v) is 5.78. The quantitative estimate of drug-likeness (QED) is 0.683. The van der Waals surface area contributed by atoms with Gasteiger partial charge in [0.05, 0.1) is 34.0 Å². The standard InChI is InChI=1S/C15H15BrClFN4O4/c1-20-6-19-12-9(16)10(17)11(18)8(13(12)20)14(24)22-3-2-21(15(25)26)4-7(22)5-23/h6-7,23H,2-5H2,1H3,(H,25,26)/t7-/m1/s1. The van der Waals surface area contributed by atoms with Crippen LogP contribution in [0, 0.1) is 5.82 Å². The van der Waals surface area contributed by atoms with Crippen molar-refractivity contribution < 1.29 is 24.2 Å². The van der Waals surface area contributed by atoms with Gasteiger partial charge in [-0.3, -0.25) is 4.79 Å². The molecule has 1 atom stereocenters. The fourth-order valence-corrected chi connectivity index (χ4v) is 3.74. The number of fused-ring (bicyclic) bond motifs is 1. The van der Waals surface area contributed by atoms with Crippen molar-refractivity contribution in [2.45, 2.75) is 6.04 Å². The van der Waals surface area contributed by atoms with Gasteiger partial charge in [-0.1, -0.05) is 11.6 Å². The van der Waals surface area contributed by atoms with Crippen LogP contribution in [0.1, 0.15) is 10.4 Å². The summed E-state index contributed by atoms with van der Waals surface area (Å²) in [6, 6.07) is -0.780. The molecule has 1 aliphatic rings. The smallest absolute Gasteiger partial charge is 0.407 e. The molecule has 2 N–H and O–H groups in total. The molecular weight excluding hydrogens is 435 g/mol. The molecule has 2 aromatic rings. The number of amides is 2. The van der Waals surface area contributed by atoms with E-state index in [9.17, 15) is 19.1 Å². The van der Waals surface area contributed by atoms with Crippen LogP contribution in [-0.2, 0) is 7.05 Å². The summed E-state index contributed by atoms with van der Waals surface area (Å²) in [6.07, 6.45) is 0.302. The van der Waals surface area contributed by atoms with Crippen LogP contribution in [0.5, 0.6) is 0 Å². The zero-order chi connectivity index (χ0) is 19.2. The Morgan fingerprint density at radius 1 is 1.46 bits per heavy atom. The summed E-state index contributed by atoms with van der Waals surface area (Å²) in [4.78, 5) is 30.7. The fourth-order valence-electron chi connectivity index (χ4n) is 3.09. The van der Waals surface area contributed by atoms with Gasteiger partial charge in [-0.2, -0.15) is 0 Å². The van der Waals surface area contributed by atoms with Gasteiger partial charge in [-0.25, -0.2) is 14.2 Å². The first kappa shape index (κ1) is 18.9. The van der Waals surface area contributed by atoms with Crippen LogP contribution in [-0.4, -0.2) is 73.8 Å². The summed E-state index contributed by atoms with van der Waals surface area (Å²) < 4.78 is 16.6. The van der Waals surface area contributed by atoms with E-state index >= 15 is 0 Å². The minimum Gasteiger partial charge on any atom is -0.465 e. The molecule has 1 aromatic heterocycles. The van der Waals surface area contributed by atoms with Crippen molar-refractivity contribution in [2.75, 3.05) is 26.2 Å². The van der Waals surface area contributed by atoms with Crippen LogP contribution in [0.15, 0.2) is 10.8 Å². The average molecular weight is 450 g/mol. The Kier molecular flexibility index (Phi) is 5.09. The Hall–Kier alpha value is -1.91. The number of hydrogen-bond donors (Lipinski definition) is 2. The van der Waals surface area contributed by atoms with Crippen LogP contribution >= 0.6 is 27.5 Å². The van der Waals surface area contributed by atoms with Crippen molar-refractivity contribution in [1.82, 2.24) is 19.4 Å². The third kappa shape index (κ3) is 2.91. The molecule has 0 bridgehead atoms. The summed E-state index contributed by atoms with van der Waals surface area (Å²) in [5.74, 6) is -1.56. The molecular formula is C15H15BrClFN4O4. The lowest BCUT2D eigenvalue weighted by Gasteiger charge is -2.39. The van der Waals surface area contributed by atoms with Gasteiger partial charge in [0.25, 0.3) is 5.91 Å². The summed E-state index contributed by atoms with van der Waals surface area (Å²) >= 11 is 9.20. The number of carboxylic acid groups (broad SMARTS) is 1. The Balaban J connectivity index is 2.08. The van der Waals surface area contributed by atoms with Crippen molar-refractivity contribution in [3.63, 3.8) is 0 Å². The predicted octanol–water partition coefficient (Wildman–Crippen LogP) is 1.93. The maximum Gasteiger partial charge on any atom is 0.407 e. The number of nitrogens with zero attached hydrogens (tertiary/aromatic N) is 4. The van der Waals surface area contributed by atoms with Crippen molar-refractivity contribution in [3.05, 3.63) is 27.2 Å². The lowest BCUT2D eigenvalue weighted by molar-refractivity contribution is 0.0308. The van der Waals surface area contributed by atoms with E-state index in [4.69, 9.17) is 16.7 Å². The molecule has 2 heterocycles. The molecule has 8 nitrogen and oxygen atoms in total. The number of aliphatic hydroxyl groups excluding tert-OH is 1. The van der Waals surface area contributed by atoms with Gasteiger partial charge in [0.15, 0.2) is 5.82 Å². The lowest BCUT2D eigenvalue weighted by atomic mass is 10.1. The molecule has 0 unspecified atom stereocenters. The monoisotopic (exact) mass is 448 g/mol. The van der Waals surface area contributed by atoms with E-state index in [0.717, 1.165) is 4.90 Å². The van der Waals surface area contributed by atoms with Crippen molar-refractivity contribution in [2.24, 2.45) is 7.05 Å². The van der Waals surface area contributed by atoms with Crippen LogP contribution in [0.4, 0.5) is 9.18 Å². The van der Waals surface area contributed by atoms with E-state index in [2.05, 4.69) is 20.9 Å². The predicted molar refractivity (Wildman–Crippen MR) is 94.9 cm³/mol. The number of carbonyl (C=O) groups excluding carboxylic acids is 1. The molecule has 0 spiro atoms. The number of carbonyl (C=O) groups is 2. The number of aliphatic hydroxyl groups is 1. The second-order valence-electron chi connectivity index (χ2n) is 5.93. The molecule has 140 valence electrons. The summed E-state index contributed by atoms with van der Waals surface area (Å²) in [5.41, 5.74) is 0.350. The van der Waals surface area contributed by atoms with Crippen LogP contribution in [0.25, 0.3) is 11.0 Å². The number of benzene rings is 1. The molecule has 11 heteroatoms. The first-order valence-corrected chi connectivity index (χ1v) is 8.82. The first-order chi connectivity index (χ1) is 12.3. The van der Waals surface area contributed by atoms with Crippen molar-refractivity contribution in [1.29, 1.82) is 0 Å².